The van der Waals surface area contributed by atoms with Gasteiger partial charge in [-0.25, -0.2) is 4.68 Å². The molecule has 0 aliphatic rings. The van der Waals surface area contributed by atoms with Crippen molar-refractivity contribution in [2.24, 2.45) is 7.05 Å². The average Bonchev–Trinajstić information content (AvgIpc) is 3.06. The van der Waals surface area contributed by atoms with Gasteiger partial charge in [0.1, 0.15) is 0 Å². The quantitative estimate of drug-likeness (QED) is 0.660. The van der Waals surface area contributed by atoms with Crippen LogP contribution in [0.4, 0.5) is 11.4 Å². The molecule has 0 spiro atoms. The molecule has 0 atom stereocenters. The third-order valence-electron chi connectivity index (χ3n) is 3.75. The van der Waals surface area contributed by atoms with Crippen molar-refractivity contribution in [2.75, 3.05) is 17.2 Å². The molecule has 0 aliphatic carbocycles. The Hall–Kier alpha value is -3.55. The lowest BCUT2D eigenvalue weighted by molar-refractivity contribution is -0.114. The summed E-state index contributed by atoms with van der Waals surface area (Å²) in [4.78, 5) is 23.5. The van der Waals surface area contributed by atoms with Crippen LogP contribution in [0.15, 0.2) is 48.5 Å². The SMILES string of the molecule is CC(=O)c1cccc(NC(=O)CNc2cccc(-c3nnnn3C)c2)c1. The van der Waals surface area contributed by atoms with Crippen molar-refractivity contribution in [3.05, 3.63) is 54.1 Å². The minimum Gasteiger partial charge on any atom is -0.376 e. The lowest BCUT2D eigenvalue weighted by atomic mass is 10.1. The number of ketones is 1. The number of hydrogen-bond donors (Lipinski definition) is 2. The Bertz CT molecular complexity index is 950. The minimum atomic E-state index is -0.212. The van der Waals surface area contributed by atoms with Gasteiger partial charge in [-0.15, -0.1) is 5.10 Å². The predicted octanol–water partition coefficient (Wildman–Crippen LogP) is 2.13. The molecule has 0 unspecified atom stereocenters. The van der Waals surface area contributed by atoms with Gasteiger partial charge in [-0.2, -0.15) is 0 Å². The number of tetrazole rings is 1. The molecule has 2 aromatic carbocycles. The van der Waals surface area contributed by atoms with Crippen LogP contribution in [-0.2, 0) is 11.8 Å². The van der Waals surface area contributed by atoms with Crippen molar-refractivity contribution in [1.82, 2.24) is 20.2 Å². The van der Waals surface area contributed by atoms with E-state index in [1.54, 1.807) is 36.0 Å². The highest BCUT2D eigenvalue weighted by molar-refractivity contribution is 5.98. The number of anilines is 2. The number of hydrogen-bond acceptors (Lipinski definition) is 6. The summed E-state index contributed by atoms with van der Waals surface area (Å²) < 4.78 is 1.58. The van der Waals surface area contributed by atoms with E-state index in [4.69, 9.17) is 0 Å². The lowest BCUT2D eigenvalue weighted by Gasteiger charge is -2.09. The highest BCUT2D eigenvalue weighted by Crippen LogP contribution is 2.19. The molecule has 8 heteroatoms. The maximum absolute atomic E-state index is 12.1. The summed E-state index contributed by atoms with van der Waals surface area (Å²) in [6, 6.07) is 14.3. The van der Waals surface area contributed by atoms with Crippen molar-refractivity contribution in [3.8, 4) is 11.4 Å². The highest BCUT2D eigenvalue weighted by Gasteiger charge is 2.08. The Labute approximate surface area is 150 Å². The number of carbonyl (C=O) groups excluding carboxylic acids is 2. The Morgan fingerprint density at radius 3 is 2.58 bits per heavy atom. The van der Waals surface area contributed by atoms with E-state index in [9.17, 15) is 9.59 Å². The van der Waals surface area contributed by atoms with Crippen LogP contribution in [0.2, 0.25) is 0 Å². The van der Waals surface area contributed by atoms with Gasteiger partial charge in [0.25, 0.3) is 0 Å². The van der Waals surface area contributed by atoms with Gasteiger partial charge in [-0.1, -0.05) is 24.3 Å². The maximum atomic E-state index is 12.1. The number of benzene rings is 2. The smallest absolute Gasteiger partial charge is 0.243 e. The molecule has 132 valence electrons. The average molecular weight is 350 g/mol. The third kappa shape index (κ3) is 4.10. The van der Waals surface area contributed by atoms with Gasteiger partial charge < -0.3 is 10.6 Å². The number of aryl methyl sites for hydroxylation is 1. The number of amides is 1. The molecule has 1 aromatic heterocycles. The molecule has 3 aromatic rings. The van der Waals surface area contributed by atoms with Gasteiger partial charge in [0.05, 0.1) is 6.54 Å². The van der Waals surface area contributed by atoms with Gasteiger partial charge in [-0.3, -0.25) is 9.59 Å². The summed E-state index contributed by atoms with van der Waals surface area (Å²) in [7, 11) is 1.76. The van der Waals surface area contributed by atoms with Crippen LogP contribution in [-0.4, -0.2) is 38.4 Å². The van der Waals surface area contributed by atoms with Crippen LogP contribution < -0.4 is 10.6 Å². The van der Waals surface area contributed by atoms with Gasteiger partial charge in [-0.05, 0) is 41.6 Å². The summed E-state index contributed by atoms with van der Waals surface area (Å²) in [6.07, 6.45) is 0. The Morgan fingerprint density at radius 2 is 1.85 bits per heavy atom. The number of aromatic nitrogens is 4. The molecule has 0 bridgehead atoms. The molecule has 0 fully saturated rings. The molecule has 8 nitrogen and oxygen atoms in total. The lowest BCUT2D eigenvalue weighted by Crippen LogP contribution is -2.21. The third-order valence-corrected chi connectivity index (χ3v) is 3.75. The van der Waals surface area contributed by atoms with E-state index in [0.717, 1.165) is 11.3 Å². The predicted molar refractivity (Wildman–Crippen MR) is 97.8 cm³/mol. The molecular weight excluding hydrogens is 332 g/mol. The maximum Gasteiger partial charge on any atom is 0.243 e. The van der Waals surface area contributed by atoms with Crippen LogP contribution >= 0.6 is 0 Å². The number of rotatable bonds is 6. The van der Waals surface area contributed by atoms with Gasteiger partial charge in [0.15, 0.2) is 11.6 Å². The molecule has 0 aliphatic heterocycles. The zero-order valence-electron chi connectivity index (χ0n) is 14.4. The van der Waals surface area contributed by atoms with E-state index in [-0.39, 0.29) is 18.2 Å². The second-order valence-electron chi connectivity index (χ2n) is 5.75. The Kier molecular flexibility index (Phi) is 5.02. The fraction of sp³-hybridized carbons (Fsp3) is 0.167. The first-order valence-electron chi connectivity index (χ1n) is 8.00. The number of carbonyl (C=O) groups is 2. The fourth-order valence-electron chi connectivity index (χ4n) is 2.45. The Balaban J connectivity index is 1.62. The van der Waals surface area contributed by atoms with Crippen molar-refractivity contribution in [2.45, 2.75) is 6.92 Å². The second kappa shape index (κ2) is 7.56. The van der Waals surface area contributed by atoms with Gasteiger partial charge in [0, 0.05) is 29.5 Å². The van der Waals surface area contributed by atoms with Crippen LogP contribution in [0, 0.1) is 0 Å². The Morgan fingerprint density at radius 1 is 1.08 bits per heavy atom. The summed E-state index contributed by atoms with van der Waals surface area (Å²) in [5.74, 6) is 0.380. The number of Topliss-reactive ketones (excluding diaryl/α,β-unsaturated/α-hetero) is 1. The van der Waals surface area contributed by atoms with E-state index >= 15 is 0 Å². The normalized spacial score (nSPS) is 10.4. The van der Waals surface area contributed by atoms with E-state index in [2.05, 4.69) is 26.2 Å². The highest BCUT2D eigenvalue weighted by atomic mass is 16.2. The second-order valence-corrected chi connectivity index (χ2v) is 5.75. The van der Waals surface area contributed by atoms with Crippen LogP contribution in [0.25, 0.3) is 11.4 Å². The number of nitrogens with one attached hydrogen (secondary N) is 2. The van der Waals surface area contributed by atoms with Crippen LogP contribution in [0.1, 0.15) is 17.3 Å². The van der Waals surface area contributed by atoms with Gasteiger partial charge >= 0.3 is 0 Å². The fourth-order valence-corrected chi connectivity index (χ4v) is 2.45. The largest absolute Gasteiger partial charge is 0.376 e. The molecule has 1 heterocycles. The van der Waals surface area contributed by atoms with E-state index in [1.165, 1.54) is 6.92 Å². The first-order chi connectivity index (χ1) is 12.5. The van der Waals surface area contributed by atoms with Crippen LogP contribution in [0.5, 0.6) is 0 Å². The summed E-state index contributed by atoms with van der Waals surface area (Å²) >= 11 is 0. The molecule has 0 saturated heterocycles. The van der Waals surface area contributed by atoms with Crippen molar-refractivity contribution in [1.29, 1.82) is 0 Å². The molecular formula is C18H18N6O2. The van der Waals surface area contributed by atoms with Crippen LogP contribution in [0.3, 0.4) is 0 Å². The van der Waals surface area contributed by atoms with Crippen molar-refractivity contribution >= 4 is 23.1 Å². The topological polar surface area (TPSA) is 102 Å². The zero-order chi connectivity index (χ0) is 18.5. The van der Waals surface area contributed by atoms with Gasteiger partial charge in [0.2, 0.25) is 5.91 Å². The molecule has 3 rings (SSSR count). The van der Waals surface area contributed by atoms with Crippen molar-refractivity contribution < 1.29 is 9.59 Å². The first-order valence-corrected chi connectivity index (χ1v) is 8.00. The molecule has 26 heavy (non-hydrogen) atoms. The first kappa shape index (κ1) is 17.3. The van der Waals surface area contributed by atoms with E-state index in [1.807, 2.05) is 24.3 Å². The number of nitrogens with zero attached hydrogens (tertiary/aromatic N) is 4. The monoisotopic (exact) mass is 350 g/mol. The standard InChI is InChI=1S/C18H18N6O2/c1-12(25)13-5-3-8-16(9-13)20-17(26)11-19-15-7-4-6-14(10-15)18-21-22-23-24(18)2/h3-10,19H,11H2,1-2H3,(H,20,26). The summed E-state index contributed by atoms with van der Waals surface area (Å²) in [5, 5.41) is 17.2. The summed E-state index contributed by atoms with van der Waals surface area (Å²) in [6.45, 7) is 1.58. The summed E-state index contributed by atoms with van der Waals surface area (Å²) in [5.41, 5.74) is 2.76. The van der Waals surface area contributed by atoms with E-state index < -0.39 is 0 Å². The van der Waals surface area contributed by atoms with Crippen molar-refractivity contribution in [3.63, 3.8) is 0 Å². The van der Waals surface area contributed by atoms with E-state index in [0.29, 0.717) is 17.1 Å². The zero-order valence-corrected chi connectivity index (χ0v) is 14.4. The molecule has 1 amide bonds. The molecule has 2 N–H and O–H groups in total. The minimum absolute atomic E-state index is 0.0469. The molecule has 0 radical (unpaired) electrons. The molecule has 0 saturated carbocycles.